The van der Waals surface area contributed by atoms with Gasteiger partial charge in [0.1, 0.15) is 11.9 Å². The fourth-order valence-electron chi connectivity index (χ4n) is 3.59. The molecule has 0 spiro atoms. The molecule has 0 bridgehead atoms. The van der Waals surface area contributed by atoms with Gasteiger partial charge in [-0.15, -0.1) is 24.0 Å². The highest BCUT2D eigenvalue weighted by Crippen LogP contribution is 2.23. The molecular weight excluding hydrogens is 515 g/mol. The maximum atomic E-state index is 6.20. The first kappa shape index (κ1) is 26.3. The van der Waals surface area contributed by atoms with Crippen LogP contribution >= 0.6 is 24.0 Å². The minimum atomic E-state index is 0. The second-order valence-electron chi connectivity index (χ2n) is 8.03. The highest BCUT2D eigenvalue weighted by Gasteiger charge is 2.18. The summed E-state index contributed by atoms with van der Waals surface area (Å²) in [5.41, 5.74) is 3.58. The number of unbranched alkanes of at least 4 members (excludes halogenated alkanes) is 1. The molecule has 176 valence electrons. The van der Waals surface area contributed by atoms with E-state index >= 15 is 0 Å². The maximum Gasteiger partial charge on any atom is 0.191 e. The van der Waals surface area contributed by atoms with Crippen molar-refractivity contribution in [3.05, 3.63) is 59.7 Å². The number of rotatable bonds is 10. The Morgan fingerprint density at radius 3 is 2.69 bits per heavy atom. The molecule has 1 unspecified atom stereocenters. The van der Waals surface area contributed by atoms with Crippen molar-refractivity contribution >= 4 is 35.6 Å². The number of nitrogens with one attached hydrogen (secondary N) is 2. The summed E-state index contributed by atoms with van der Waals surface area (Å²) in [6, 6.07) is 16.8. The van der Waals surface area contributed by atoms with Crippen molar-refractivity contribution < 1.29 is 9.47 Å². The van der Waals surface area contributed by atoms with Crippen LogP contribution in [0.25, 0.3) is 0 Å². The molecule has 1 fully saturated rings. The third-order valence-corrected chi connectivity index (χ3v) is 5.48. The van der Waals surface area contributed by atoms with Crippen molar-refractivity contribution in [2.75, 3.05) is 45.3 Å². The lowest BCUT2D eigenvalue weighted by Crippen LogP contribution is -2.37. The molecule has 0 radical (unpaired) electrons. The number of aryl methyl sites for hydroxylation is 1. The molecule has 3 rings (SSSR count). The zero-order valence-electron chi connectivity index (χ0n) is 19.5. The molecule has 6 nitrogen and oxygen atoms in total. The molecule has 0 amide bonds. The molecule has 2 aromatic rings. The van der Waals surface area contributed by atoms with Crippen molar-refractivity contribution in [3.63, 3.8) is 0 Å². The monoisotopic (exact) mass is 552 g/mol. The number of benzene rings is 2. The number of halogens is 1. The molecule has 1 atom stereocenters. The van der Waals surface area contributed by atoms with E-state index in [-0.39, 0.29) is 30.1 Å². The lowest BCUT2D eigenvalue weighted by atomic mass is 10.1. The molecule has 0 aliphatic carbocycles. The molecule has 1 aliphatic rings. The van der Waals surface area contributed by atoms with Gasteiger partial charge in [0.25, 0.3) is 0 Å². The van der Waals surface area contributed by atoms with Crippen molar-refractivity contribution in [2.45, 2.75) is 38.8 Å². The van der Waals surface area contributed by atoms with E-state index in [2.05, 4.69) is 83.0 Å². The van der Waals surface area contributed by atoms with Gasteiger partial charge in [0.05, 0.1) is 13.2 Å². The Balaban J connectivity index is 0.00000363. The fourth-order valence-corrected chi connectivity index (χ4v) is 3.59. The van der Waals surface area contributed by atoms with Gasteiger partial charge in [-0.3, -0.25) is 4.99 Å². The third kappa shape index (κ3) is 8.50. The van der Waals surface area contributed by atoms with E-state index in [9.17, 15) is 0 Å². The minimum absolute atomic E-state index is 0. The van der Waals surface area contributed by atoms with E-state index < -0.39 is 0 Å². The number of guanidine groups is 1. The summed E-state index contributed by atoms with van der Waals surface area (Å²) in [5.74, 6) is 1.74. The largest absolute Gasteiger partial charge is 0.488 e. The molecule has 1 aliphatic heterocycles. The standard InChI is InChI=1S/C25H36N4O2.HI/c1-20-11-12-21(24(17-20)31-23-13-16-30-19-23)18-28-25(26-2)27-14-7-8-15-29(3)22-9-5-4-6-10-22;/h4-6,9-12,17,23H,7-8,13-16,18-19H2,1-3H3,(H2,26,27,28);1H. The van der Waals surface area contributed by atoms with Crippen LogP contribution < -0.4 is 20.3 Å². The van der Waals surface area contributed by atoms with Crippen LogP contribution in [0.3, 0.4) is 0 Å². The van der Waals surface area contributed by atoms with Gasteiger partial charge in [-0.25, -0.2) is 0 Å². The van der Waals surface area contributed by atoms with Gasteiger partial charge in [0, 0.05) is 51.4 Å². The highest BCUT2D eigenvalue weighted by atomic mass is 127. The van der Waals surface area contributed by atoms with E-state index in [1.165, 1.54) is 11.3 Å². The third-order valence-electron chi connectivity index (χ3n) is 5.48. The van der Waals surface area contributed by atoms with Gasteiger partial charge in [-0.05, 0) is 43.5 Å². The van der Waals surface area contributed by atoms with E-state index in [1.807, 2.05) is 0 Å². The molecule has 0 aromatic heterocycles. The first-order chi connectivity index (χ1) is 15.2. The van der Waals surface area contributed by atoms with Crippen LogP contribution in [-0.2, 0) is 11.3 Å². The van der Waals surface area contributed by atoms with Crippen LogP contribution in [0.15, 0.2) is 53.5 Å². The predicted octanol–water partition coefficient (Wildman–Crippen LogP) is 4.36. The SMILES string of the molecule is CN=C(NCCCCN(C)c1ccccc1)NCc1ccc(C)cc1OC1CCOC1.I. The molecule has 32 heavy (non-hydrogen) atoms. The summed E-state index contributed by atoms with van der Waals surface area (Å²) in [6.45, 7) is 6.13. The molecule has 2 aromatic carbocycles. The normalized spacial score (nSPS) is 15.7. The van der Waals surface area contributed by atoms with Crippen molar-refractivity contribution in [1.29, 1.82) is 0 Å². The average molecular weight is 553 g/mol. The van der Waals surface area contributed by atoms with Crippen LogP contribution in [0.1, 0.15) is 30.4 Å². The number of para-hydroxylation sites is 1. The number of anilines is 1. The number of nitrogens with zero attached hydrogens (tertiary/aromatic N) is 2. The van der Waals surface area contributed by atoms with Crippen LogP contribution in [0.4, 0.5) is 5.69 Å². The summed E-state index contributed by atoms with van der Waals surface area (Å²) in [4.78, 5) is 6.65. The van der Waals surface area contributed by atoms with Gasteiger partial charge in [-0.2, -0.15) is 0 Å². The zero-order chi connectivity index (χ0) is 21.9. The first-order valence-corrected chi connectivity index (χ1v) is 11.2. The molecule has 2 N–H and O–H groups in total. The second kappa shape index (κ2) is 14.2. The minimum Gasteiger partial charge on any atom is -0.488 e. The van der Waals surface area contributed by atoms with Gasteiger partial charge in [0.2, 0.25) is 0 Å². The summed E-state index contributed by atoms with van der Waals surface area (Å²) in [5, 5.41) is 6.83. The van der Waals surface area contributed by atoms with Crippen LogP contribution in [-0.4, -0.2) is 52.5 Å². The zero-order valence-corrected chi connectivity index (χ0v) is 21.8. The van der Waals surface area contributed by atoms with E-state index in [0.29, 0.717) is 13.2 Å². The highest BCUT2D eigenvalue weighted by molar-refractivity contribution is 14.0. The smallest absolute Gasteiger partial charge is 0.191 e. The molecule has 1 heterocycles. The lowest BCUT2D eigenvalue weighted by Gasteiger charge is -2.19. The van der Waals surface area contributed by atoms with Crippen LogP contribution in [0.2, 0.25) is 0 Å². The van der Waals surface area contributed by atoms with E-state index in [1.54, 1.807) is 7.05 Å². The number of aliphatic imine (C=N–C) groups is 1. The van der Waals surface area contributed by atoms with Gasteiger partial charge < -0.3 is 25.0 Å². The summed E-state index contributed by atoms with van der Waals surface area (Å²) < 4.78 is 11.6. The topological polar surface area (TPSA) is 58.1 Å². The van der Waals surface area contributed by atoms with Crippen LogP contribution in [0.5, 0.6) is 5.75 Å². The molecular formula is C25H37IN4O2. The number of ether oxygens (including phenoxy) is 2. The number of hydrogen-bond acceptors (Lipinski definition) is 4. The Labute approximate surface area is 209 Å². The van der Waals surface area contributed by atoms with Crippen LogP contribution in [0, 0.1) is 6.92 Å². The number of hydrogen-bond donors (Lipinski definition) is 2. The first-order valence-electron chi connectivity index (χ1n) is 11.2. The predicted molar refractivity (Wildman–Crippen MR) is 144 cm³/mol. The van der Waals surface area contributed by atoms with Gasteiger partial charge >= 0.3 is 0 Å². The second-order valence-corrected chi connectivity index (χ2v) is 8.03. The van der Waals surface area contributed by atoms with Crippen molar-refractivity contribution in [1.82, 2.24) is 10.6 Å². The average Bonchev–Trinajstić information content (AvgIpc) is 3.30. The molecule has 0 saturated carbocycles. The van der Waals surface area contributed by atoms with Crippen molar-refractivity contribution in [2.24, 2.45) is 4.99 Å². The van der Waals surface area contributed by atoms with Gasteiger partial charge in [-0.1, -0.05) is 30.3 Å². The van der Waals surface area contributed by atoms with E-state index in [0.717, 1.165) is 56.2 Å². The summed E-state index contributed by atoms with van der Waals surface area (Å²) >= 11 is 0. The summed E-state index contributed by atoms with van der Waals surface area (Å²) in [6.07, 6.45) is 3.29. The summed E-state index contributed by atoms with van der Waals surface area (Å²) in [7, 11) is 3.95. The molecule has 1 saturated heterocycles. The van der Waals surface area contributed by atoms with Crippen molar-refractivity contribution in [3.8, 4) is 5.75 Å². The Morgan fingerprint density at radius 1 is 1.16 bits per heavy atom. The lowest BCUT2D eigenvalue weighted by molar-refractivity contribution is 0.140. The maximum absolute atomic E-state index is 6.20. The Hall–Kier alpha value is -2.00. The molecule has 7 heteroatoms. The Bertz CT molecular complexity index is 826. The quantitative estimate of drug-likeness (QED) is 0.199. The van der Waals surface area contributed by atoms with E-state index in [4.69, 9.17) is 9.47 Å². The Kier molecular flexibility index (Phi) is 11.7. The Morgan fingerprint density at radius 2 is 1.97 bits per heavy atom. The van der Waals surface area contributed by atoms with Gasteiger partial charge in [0.15, 0.2) is 5.96 Å². The fraction of sp³-hybridized carbons (Fsp3) is 0.480.